The van der Waals surface area contributed by atoms with E-state index >= 15 is 0 Å². The standard InChI is InChI=1S/C15H17N5O4S/c16-14(21)10-24-12-2-4-13(5-3-12)25(22,23)20-8-11(9-20)19-15-17-6-1-7-18-15/h1-7,11H,8-10H2,(H2,16,21)(H,17,18,19). The fraction of sp³-hybridized carbons (Fsp3) is 0.267. The molecule has 1 aromatic heterocycles. The van der Waals surface area contributed by atoms with E-state index in [4.69, 9.17) is 10.5 Å². The average Bonchev–Trinajstić information content (AvgIpc) is 2.57. The molecule has 0 bridgehead atoms. The van der Waals surface area contributed by atoms with E-state index in [1.807, 2.05) is 0 Å². The summed E-state index contributed by atoms with van der Waals surface area (Å²) in [6.45, 7) is 0.411. The molecule has 25 heavy (non-hydrogen) atoms. The quantitative estimate of drug-likeness (QED) is 0.699. The fourth-order valence-electron chi connectivity index (χ4n) is 2.29. The zero-order valence-electron chi connectivity index (χ0n) is 13.2. The van der Waals surface area contributed by atoms with Gasteiger partial charge in [0.15, 0.2) is 6.61 Å². The van der Waals surface area contributed by atoms with E-state index in [0.717, 1.165) is 0 Å². The van der Waals surface area contributed by atoms with E-state index in [1.54, 1.807) is 18.5 Å². The van der Waals surface area contributed by atoms with Crippen LogP contribution in [0, 0.1) is 0 Å². The maximum Gasteiger partial charge on any atom is 0.255 e. The van der Waals surface area contributed by atoms with Crippen molar-refractivity contribution >= 4 is 21.9 Å². The van der Waals surface area contributed by atoms with Crippen molar-refractivity contribution in [1.29, 1.82) is 0 Å². The molecule has 2 aromatic rings. The van der Waals surface area contributed by atoms with Crippen LogP contribution in [0.4, 0.5) is 5.95 Å². The molecule has 1 aliphatic heterocycles. The smallest absolute Gasteiger partial charge is 0.255 e. The number of sulfonamides is 1. The molecule has 0 unspecified atom stereocenters. The number of rotatable bonds is 7. The summed E-state index contributed by atoms with van der Waals surface area (Å²) in [5, 5.41) is 3.08. The van der Waals surface area contributed by atoms with E-state index in [1.165, 1.54) is 28.6 Å². The number of nitrogens with two attached hydrogens (primary N) is 1. The predicted octanol–water partition coefficient (Wildman–Crippen LogP) is -0.174. The van der Waals surface area contributed by atoms with Gasteiger partial charge in [0.1, 0.15) is 5.75 Å². The minimum atomic E-state index is -3.57. The highest BCUT2D eigenvalue weighted by Crippen LogP contribution is 2.24. The van der Waals surface area contributed by atoms with Gasteiger partial charge in [0.25, 0.3) is 5.91 Å². The number of carbonyl (C=O) groups excluding carboxylic acids is 1. The van der Waals surface area contributed by atoms with Gasteiger partial charge in [-0.2, -0.15) is 4.31 Å². The van der Waals surface area contributed by atoms with Crippen LogP contribution >= 0.6 is 0 Å². The van der Waals surface area contributed by atoms with Gasteiger partial charge in [-0.15, -0.1) is 0 Å². The first-order valence-corrected chi connectivity index (χ1v) is 8.94. The number of aromatic nitrogens is 2. The molecule has 9 nitrogen and oxygen atoms in total. The Labute approximate surface area is 144 Å². The van der Waals surface area contributed by atoms with Crippen molar-refractivity contribution in [3.05, 3.63) is 42.7 Å². The van der Waals surface area contributed by atoms with Crippen molar-refractivity contribution < 1.29 is 17.9 Å². The molecule has 3 N–H and O–H groups in total. The molecule has 2 heterocycles. The lowest BCUT2D eigenvalue weighted by molar-refractivity contribution is -0.119. The average molecular weight is 363 g/mol. The molecule has 1 amide bonds. The highest BCUT2D eigenvalue weighted by molar-refractivity contribution is 7.89. The molecule has 0 atom stereocenters. The van der Waals surface area contributed by atoms with Crippen LogP contribution in [0.5, 0.6) is 5.75 Å². The number of nitrogens with zero attached hydrogens (tertiary/aromatic N) is 3. The lowest BCUT2D eigenvalue weighted by Gasteiger charge is -2.38. The van der Waals surface area contributed by atoms with E-state index in [9.17, 15) is 13.2 Å². The van der Waals surface area contributed by atoms with E-state index < -0.39 is 15.9 Å². The summed E-state index contributed by atoms with van der Waals surface area (Å²) >= 11 is 0. The maximum absolute atomic E-state index is 12.5. The second-order valence-electron chi connectivity index (χ2n) is 5.46. The second kappa shape index (κ2) is 7.03. The van der Waals surface area contributed by atoms with Crippen molar-refractivity contribution in [2.75, 3.05) is 25.0 Å². The van der Waals surface area contributed by atoms with Crippen LogP contribution in [0.3, 0.4) is 0 Å². The van der Waals surface area contributed by atoms with E-state index in [2.05, 4.69) is 15.3 Å². The molecule has 1 fully saturated rings. The first kappa shape index (κ1) is 17.1. The predicted molar refractivity (Wildman–Crippen MR) is 89.3 cm³/mol. The number of hydrogen-bond acceptors (Lipinski definition) is 7. The number of primary amides is 1. The molecule has 0 aliphatic carbocycles. The molecule has 132 valence electrons. The number of hydrogen-bond donors (Lipinski definition) is 2. The summed E-state index contributed by atoms with van der Waals surface area (Å²) in [6.07, 6.45) is 3.23. The molecule has 0 spiro atoms. The highest BCUT2D eigenvalue weighted by atomic mass is 32.2. The van der Waals surface area contributed by atoms with Crippen LogP contribution in [0.15, 0.2) is 47.6 Å². The SMILES string of the molecule is NC(=O)COc1ccc(S(=O)(=O)N2CC(Nc3ncccn3)C2)cc1. The molecule has 1 aromatic carbocycles. The number of nitrogens with one attached hydrogen (secondary N) is 1. The van der Waals surface area contributed by atoms with Gasteiger partial charge in [-0.25, -0.2) is 18.4 Å². The Bertz CT molecular complexity index is 836. The Balaban J connectivity index is 1.58. The normalized spacial score (nSPS) is 15.4. The Morgan fingerprint density at radius 3 is 2.48 bits per heavy atom. The first-order valence-electron chi connectivity index (χ1n) is 7.50. The van der Waals surface area contributed by atoms with Gasteiger partial charge < -0.3 is 15.8 Å². The van der Waals surface area contributed by atoms with Crippen molar-refractivity contribution in [2.24, 2.45) is 5.73 Å². The summed E-state index contributed by atoms with van der Waals surface area (Å²) < 4.78 is 31.6. The van der Waals surface area contributed by atoms with Crippen LogP contribution < -0.4 is 15.8 Å². The van der Waals surface area contributed by atoms with Crippen molar-refractivity contribution in [2.45, 2.75) is 10.9 Å². The third-order valence-electron chi connectivity index (χ3n) is 3.59. The number of benzene rings is 1. The van der Waals surface area contributed by atoms with Crippen LogP contribution in [-0.4, -0.2) is 54.3 Å². The van der Waals surface area contributed by atoms with Crippen LogP contribution in [0.25, 0.3) is 0 Å². The molecule has 0 radical (unpaired) electrons. The molecule has 10 heteroatoms. The summed E-state index contributed by atoms with van der Waals surface area (Å²) in [5.74, 6) is 0.251. The Morgan fingerprint density at radius 2 is 1.88 bits per heavy atom. The summed E-state index contributed by atoms with van der Waals surface area (Å²) in [7, 11) is -3.57. The minimum Gasteiger partial charge on any atom is -0.484 e. The number of amides is 1. The van der Waals surface area contributed by atoms with Gasteiger partial charge in [-0.3, -0.25) is 4.79 Å². The number of ether oxygens (including phenoxy) is 1. The number of carbonyl (C=O) groups is 1. The first-order chi connectivity index (χ1) is 11.9. The Hall–Kier alpha value is -2.72. The van der Waals surface area contributed by atoms with Crippen molar-refractivity contribution in [1.82, 2.24) is 14.3 Å². The van der Waals surface area contributed by atoms with E-state index in [0.29, 0.717) is 24.8 Å². The molecular formula is C15H17N5O4S. The van der Waals surface area contributed by atoms with Gasteiger partial charge in [-0.1, -0.05) is 0 Å². The minimum absolute atomic E-state index is 0.0321. The lowest BCUT2D eigenvalue weighted by Crippen LogP contribution is -2.56. The van der Waals surface area contributed by atoms with Gasteiger partial charge in [0.2, 0.25) is 16.0 Å². The Kier molecular flexibility index (Phi) is 4.81. The van der Waals surface area contributed by atoms with Crippen molar-refractivity contribution in [3.8, 4) is 5.75 Å². The topological polar surface area (TPSA) is 128 Å². The van der Waals surface area contributed by atoms with Gasteiger partial charge in [0.05, 0.1) is 10.9 Å². The zero-order chi connectivity index (χ0) is 17.9. The molecule has 1 aliphatic rings. The lowest BCUT2D eigenvalue weighted by atomic mass is 10.2. The number of anilines is 1. The van der Waals surface area contributed by atoms with Gasteiger partial charge >= 0.3 is 0 Å². The molecule has 1 saturated heterocycles. The monoisotopic (exact) mass is 363 g/mol. The second-order valence-corrected chi connectivity index (χ2v) is 7.40. The fourth-order valence-corrected chi connectivity index (χ4v) is 3.82. The van der Waals surface area contributed by atoms with Crippen molar-refractivity contribution in [3.63, 3.8) is 0 Å². The highest BCUT2D eigenvalue weighted by Gasteiger charge is 2.37. The third kappa shape index (κ3) is 4.03. The molecular weight excluding hydrogens is 346 g/mol. The molecule has 0 saturated carbocycles. The van der Waals surface area contributed by atoms with Gasteiger partial charge in [0, 0.05) is 25.5 Å². The Morgan fingerprint density at radius 1 is 1.24 bits per heavy atom. The zero-order valence-corrected chi connectivity index (χ0v) is 14.0. The largest absolute Gasteiger partial charge is 0.484 e. The van der Waals surface area contributed by atoms with Crippen LogP contribution in [0.2, 0.25) is 0 Å². The third-order valence-corrected chi connectivity index (χ3v) is 5.44. The maximum atomic E-state index is 12.5. The van der Waals surface area contributed by atoms with Gasteiger partial charge in [-0.05, 0) is 30.3 Å². The summed E-state index contributed by atoms with van der Waals surface area (Å²) in [6, 6.07) is 7.53. The summed E-state index contributed by atoms with van der Waals surface area (Å²) in [4.78, 5) is 18.9. The van der Waals surface area contributed by atoms with E-state index in [-0.39, 0.29) is 17.5 Å². The van der Waals surface area contributed by atoms with Crippen LogP contribution in [-0.2, 0) is 14.8 Å². The van der Waals surface area contributed by atoms with Crippen LogP contribution in [0.1, 0.15) is 0 Å². The molecule has 3 rings (SSSR count). The summed E-state index contributed by atoms with van der Waals surface area (Å²) in [5.41, 5.74) is 4.99.